The van der Waals surface area contributed by atoms with Crippen LogP contribution in [0.25, 0.3) is 0 Å². The highest BCUT2D eigenvalue weighted by molar-refractivity contribution is 5.94. The maximum atomic E-state index is 12.8. The van der Waals surface area contributed by atoms with Gasteiger partial charge in [-0.3, -0.25) is 4.79 Å². The van der Waals surface area contributed by atoms with E-state index < -0.39 is 0 Å². The molecule has 1 aromatic carbocycles. The van der Waals surface area contributed by atoms with Gasteiger partial charge in [-0.2, -0.15) is 4.73 Å². The number of carbonyl (C=O) groups excluding carboxylic acids is 1. The van der Waals surface area contributed by atoms with E-state index in [9.17, 15) is 10.0 Å². The molecule has 0 bridgehead atoms. The molecule has 148 valence electrons. The summed E-state index contributed by atoms with van der Waals surface area (Å²) in [4.78, 5) is 17.4. The highest BCUT2D eigenvalue weighted by Gasteiger charge is 2.42. The molecule has 4 rings (SSSR count). The highest BCUT2D eigenvalue weighted by atomic mass is 16.5. The van der Waals surface area contributed by atoms with Gasteiger partial charge in [0.1, 0.15) is 0 Å². The van der Waals surface area contributed by atoms with Gasteiger partial charge in [0, 0.05) is 37.2 Å². The van der Waals surface area contributed by atoms with Crippen molar-refractivity contribution < 1.29 is 9.52 Å². The van der Waals surface area contributed by atoms with E-state index in [-0.39, 0.29) is 11.3 Å². The van der Waals surface area contributed by atoms with E-state index >= 15 is 0 Å². The molecule has 0 N–H and O–H groups in total. The minimum absolute atomic E-state index is 0.0543. The van der Waals surface area contributed by atoms with Crippen LogP contribution in [0.5, 0.6) is 0 Å². The molecule has 2 fully saturated rings. The predicted molar refractivity (Wildman–Crippen MR) is 109 cm³/mol. The van der Waals surface area contributed by atoms with Gasteiger partial charge in [-0.1, -0.05) is 30.3 Å². The lowest BCUT2D eigenvalue weighted by Crippen LogP contribution is -2.45. The Hall–Kier alpha value is -2.40. The van der Waals surface area contributed by atoms with Crippen molar-refractivity contribution >= 4 is 5.91 Å². The zero-order valence-corrected chi connectivity index (χ0v) is 16.4. The number of piperidine rings is 1. The molecule has 0 radical (unpaired) electrons. The summed E-state index contributed by atoms with van der Waals surface area (Å²) in [5.74, 6) is 0.0543. The molecule has 1 atom stereocenters. The van der Waals surface area contributed by atoms with Crippen molar-refractivity contribution in [3.05, 3.63) is 71.2 Å². The third-order valence-corrected chi connectivity index (χ3v) is 6.30. The van der Waals surface area contributed by atoms with Gasteiger partial charge in [-0.15, -0.1) is 0 Å². The third kappa shape index (κ3) is 4.36. The Balaban J connectivity index is 1.31. The molecule has 2 aliphatic heterocycles. The number of nitrogens with zero attached hydrogens (tertiary/aromatic N) is 3. The maximum absolute atomic E-state index is 12.8. The number of rotatable bonds is 5. The topological polar surface area (TPSA) is 50.5 Å². The van der Waals surface area contributed by atoms with Gasteiger partial charge >= 0.3 is 0 Å². The summed E-state index contributed by atoms with van der Waals surface area (Å²) >= 11 is 0. The van der Waals surface area contributed by atoms with E-state index in [0.717, 1.165) is 43.8 Å². The van der Waals surface area contributed by atoms with Gasteiger partial charge in [0.15, 0.2) is 12.4 Å². The van der Waals surface area contributed by atoms with Crippen molar-refractivity contribution in [1.29, 1.82) is 0 Å². The summed E-state index contributed by atoms with van der Waals surface area (Å²) in [6.07, 6.45) is 8.62. The van der Waals surface area contributed by atoms with E-state index in [1.54, 1.807) is 12.1 Å². The summed E-state index contributed by atoms with van der Waals surface area (Å²) in [5, 5.41) is 11.2. The van der Waals surface area contributed by atoms with Crippen molar-refractivity contribution in [3.63, 3.8) is 0 Å². The Morgan fingerprint density at radius 2 is 1.82 bits per heavy atom. The molecule has 5 nitrogen and oxygen atoms in total. The van der Waals surface area contributed by atoms with Crippen molar-refractivity contribution in [2.45, 2.75) is 32.1 Å². The maximum Gasteiger partial charge on any atom is 0.254 e. The minimum Gasteiger partial charge on any atom is -0.619 e. The normalized spacial score (nSPS) is 22.6. The Morgan fingerprint density at radius 1 is 1.04 bits per heavy atom. The Kier molecular flexibility index (Phi) is 5.62. The van der Waals surface area contributed by atoms with Gasteiger partial charge < -0.3 is 15.0 Å². The Labute approximate surface area is 167 Å². The quantitative estimate of drug-likeness (QED) is 0.593. The van der Waals surface area contributed by atoms with Crippen LogP contribution in [0.2, 0.25) is 0 Å². The van der Waals surface area contributed by atoms with Crippen LogP contribution in [0, 0.1) is 10.6 Å². The fourth-order valence-electron chi connectivity index (χ4n) is 4.83. The van der Waals surface area contributed by atoms with Crippen LogP contribution in [-0.2, 0) is 6.42 Å². The standard InChI is InChI=1S/C23H29N3O2/c27-22(21-9-15-26(28)16-10-21)25-17-12-23(19-25)11-5-14-24(18-23)13-4-8-20-6-2-1-3-7-20/h1-3,6-7,9-10,15-16H,4-5,8,11-14,17-19H2/t23-/m1/s1. The first kappa shape index (κ1) is 18.9. The molecule has 2 aliphatic rings. The second kappa shape index (κ2) is 8.31. The zero-order chi connectivity index (χ0) is 19.4. The lowest BCUT2D eigenvalue weighted by molar-refractivity contribution is -0.605. The van der Waals surface area contributed by atoms with Crippen LogP contribution in [0.4, 0.5) is 0 Å². The Bertz CT molecular complexity index is 793. The van der Waals surface area contributed by atoms with Gasteiger partial charge in [0.2, 0.25) is 0 Å². The molecular formula is C23H29N3O2. The average molecular weight is 380 g/mol. The molecule has 0 aliphatic carbocycles. The molecule has 5 heteroatoms. The molecule has 3 heterocycles. The number of amides is 1. The van der Waals surface area contributed by atoms with Gasteiger partial charge in [0.25, 0.3) is 5.91 Å². The van der Waals surface area contributed by atoms with Crippen molar-refractivity contribution in [3.8, 4) is 0 Å². The van der Waals surface area contributed by atoms with Gasteiger partial charge in [0.05, 0.1) is 5.56 Å². The molecule has 2 saturated heterocycles. The summed E-state index contributed by atoms with van der Waals surface area (Å²) < 4.78 is 0.719. The van der Waals surface area contributed by atoms with Crippen LogP contribution >= 0.6 is 0 Å². The molecule has 0 saturated carbocycles. The lowest BCUT2D eigenvalue weighted by Gasteiger charge is -2.40. The molecule has 0 unspecified atom stereocenters. The number of aromatic nitrogens is 1. The number of carbonyl (C=O) groups is 1. The largest absolute Gasteiger partial charge is 0.619 e. The van der Waals surface area contributed by atoms with E-state index in [4.69, 9.17) is 0 Å². The first-order chi connectivity index (χ1) is 13.6. The van der Waals surface area contributed by atoms with Crippen LogP contribution < -0.4 is 4.73 Å². The smallest absolute Gasteiger partial charge is 0.254 e. The second-order valence-electron chi connectivity index (χ2n) is 8.39. The van der Waals surface area contributed by atoms with Crippen molar-refractivity contribution in [2.75, 3.05) is 32.7 Å². The van der Waals surface area contributed by atoms with Crippen molar-refractivity contribution in [2.24, 2.45) is 5.41 Å². The third-order valence-electron chi connectivity index (χ3n) is 6.30. The number of aryl methyl sites for hydroxylation is 1. The van der Waals surface area contributed by atoms with Crippen LogP contribution in [-0.4, -0.2) is 48.4 Å². The molecule has 1 aromatic heterocycles. The molecule has 28 heavy (non-hydrogen) atoms. The molecule has 2 aromatic rings. The number of likely N-dealkylation sites (tertiary alicyclic amines) is 2. The molecular weight excluding hydrogens is 350 g/mol. The first-order valence-corrected chi connectivity index (χ1v) is 10.4. The van der Waals surface area contributed by atoms with Crippen LogP contribution in [0.1, 0.15) is 41.6 Å². The van der Waals surface area contributed by atoms with Gasteiger partial charge in [-0.25, -0.2) is 0 Å². The number of pyridine rings is 1. The van der Waals surface area contributed by atoms with Crippen LogP contribution in [0.15, 0.2) is 54.9 Å². The predicted octanol–water partition coefficient (Wildman–Crippen LogP) is 2.88. The fourth-order valence-corrected chi connectivity index (χ4v) is 4.83. The SMILES string of the molecule is O=C(c1cc[n+]([O-])cc1)N1CC[C@@]2(CCCN(CCCc3ccccc3)C2)C1. The summed E-state index contributed by atoms with van der Waals surface area (Å²) in [6, 6.07) is 13.9. The number of hydrogen-bond acceptors (Lipinski definition) is 3. The first-order valence-electron chi connectivity index (χ1n) is 10.4. The zero-order valence-electron chi connectivity index (χ0n) is 16.4. The van der Waals surface area contributed by atoms with Gasteiger partial charge in [-0.05, 0) is 50.8 Å². The minimum atomic E-state index is 0.0543. The van der Waals surface area contributed by atoms with E-state index in [2.05, 4.69) is 35.2 Å². The molecule has 1 amide bonds. The number of hydrogen-bond donors (Lipinski definition) is 0. The number of benzene rings is 1. The van der Waals surface area contributed by atoms with E-state index in [1.165, 1.54) is 43.8 Å². The fraction of sp³-hybridized carbons (Fsp3) is 0.478. The molecule has 1 spiro atoms. The Morgan fingerprint density at radius 3 is 2.61 bits per heavy atom. The summed E-state index contributed by atoms with van der Waals surface area (Å²) in [6.45, 7) is 5.07. The average Bonchev–Trinajstić information content (AvgIpc) is 3.12. The highest BCUT2D eigenvalue weighted by Crippen LogP contribution is 2.39. The van der Waals surface area contributed by atoms with E-state index in [0.29, 0.717) is 5.56 Å². The van der Waals surface area contributed by atoms with E-state index in [1.807, 2.05) is 4.90 Å². The van der Waals surface area contributed by atoms with Crippen molar-refractivity contribution in [1.82, 2.24) is 9.80 Å². The summed E-state index contributed by atoms with van der Waals surface area (Å²) in [5.41, 5.74) is 2.27. The van der Waals surface area contributed by atoms with Crippen LogP contribution in [0.3, 0.4) is 0 Å². The monoisotopic (exact) mass is 379 g/mol. The summed E-state index contributed by atoms with van der Waals surface area (Å²) in [7, 11) is 0. The second-order valence-corrected chi connectivity index (χ2v) is 8.39. The lowest BCUT2D eigenvalue weighted by atomic mass is 9.79.